The molecular weight excluding hydrogens is 266 g/mol. The molecule has 1 heteroatoms. The SMILES string of the molecule is CCCCC(CC)C[NH+](c1ccccc1)c1ccc(C)cc1. The van der Waals surface area contributed by atoms with E-state index >= 15 is 0 Å². The maximum absolute atomic E-state index is 2.33. The van der Waals surface area contributed by atoms with E-state index < -0.39 is 0 Å². The van der Waals surface area contributed by atoms with Gasteiger partial charge in [-0.05, 0) is 44.0 Å². The van der Waals surface area contributed by atoms with Gasteiger partial charge in [0.15, 0.2) is 0 Å². The van der Waals surface area contributed by atoms with Crippen LogP contribution in [-0.4, -0.2) is 6.54 Å². The molecule has 118 valence electrons. The van der Waals surface area contributed by atoms with E-state index in [9.17, 15) is 0 Å². The van der Waals surface area contributed by atoms with Gasteiger partial charge in [0.2, 0.25) is 0 Å². The van der Waals surface area contributed by atoms with Crippen LogP contribution in [0.2, 0.25) is 0 Å². The fourth-order valence-electron chi connectivity index (χ4n) is 3.03. The second kappa shape index (κ2) is 8.75. The van der Waals surface area contributed by atoms with Gasteiger partial charge in [-0.3, -0.25) is 4.90 Å². The van der Waals surface area contributed by atoms with Crippen molar-refractivity contribution in [3.63, 3.8) is 0 Å². The molecule has 2 rings (SSSR count). The molecule has 2 unspecified atom stereocenters. The van der Waals surface area contributed by atoms with Crippen LogP contribution in [0.25, 0.3) is 0 Å². The smallest absolute Gasteiger partial charge is 0.136 e. The van der Waals surface area contributed by atoms with Crippen molar-refractivity contribution in [2.24, 2.45) is 5.92 Å². The third-order valence-corrected chi connectivity index (χ3v) is 4.56. The highest BCUT2D eigenvalue weighted by Gasteiger charge is 2.20. The molecule has 0 saturated carbocycles. The molecule has 0 aromatic heterocycles. The lowest BCUT2D eigenvalue weighted by atomic mass is 9.98. The Morgan fingerprint density at radius 1 is 0.864 bits per heavy atom. The molecule has 1 nitrogen and oxygen atoms in total. The minimum absolute atomic E-state index is 0.788. The minimum atomic E-state index is 0.788. The van der Waals surface area contributed by atoms with Crippen LogP contribution in [0.1, 0.15) is 45.1 Å². The van der Waals surface area contributed by atoms with Crippen molar-refractivity contribution in [3.8, 4) is 0 Å². The van der Waals surface area contributed by atoms with Crippen molar-refractivity contribution in [1.82, 2.24) is 0 Å². The number of hydrogen-bond acceptors (Lipinski definition) is 0. The molecule has 2 atom stereocenters. The fourth-order valence-corrected chi connectivity index (χ4v) is 3.03. The average Bonchev–Trinajstić information content (AvgIpc) is 2.57. The first-order valence-corrected chi connectivity index (χ1v) is 8.72. The van der Waals surface area contributed by atoms with Crippen LogP contribution in [0, 0.1) is 12.8 Å². The molecule has 0 heterocycles. The quantitative estimate of drug-likeness (QED) is 0.694. The minimum Gasteiger partial charge on any atom is -0.270 e. The predicted octanol–water partition coefficient (Wildman–Crippen LogP) is 5.06. The molecule has 0 radical (unpaired) electrons. The van der Waals surface area contributed by atoms with Gasteiger partial charge in [-0.25, -0.2) is 0 Å². The van der Waals surface area contributed by atoms with E-state index in [0.29, 0.717) is 0 Å². The Labute approximate surface area is 136 Å². The first kappa shape index (κ1) is 16.8. The second-order valence-electron chi connectivity index (χ2n) is 6.33. The van der Waals surface area contributed by atoms with Gasteiger partial charge < -0.3 is 0 Å². The Hall–Kier alpha value is -1.60. The van der Waals surface area contributed by atoms with Crippen LogP contribution in [0.3, 0.4) is 0 Å². The van der Waals surface area contributed by atoms with E-state index in [1.165, 1.54) is 54.1 Å². The number of quaternary nitrogens is 1. The number of para-hydroxylation sites is 1. The van der Waals surface area contributed by atoms with Crippen LogP contribution in [0.5, 0.6) is 0 Å². The number of hydrogen-bond donors (Lipinski definition) is 1. The van der Waals surface area contributed by atoms with Gasteiger partial charge >= 0.3 is 0 Å². The normalized spacial score (nSPS) is 13.8. The average molecular weight is 296 g/mol. The Balaban J connectivity index is 2.23. The summed E-state index contributed by atoms with van der Waals surface area (Å²) in [6.07, 6.45) is 5.24. The maximum atomic E-state index is 2.33. The van der Waals surface area contributed by atoms with Gasteiger partial charge in [-0.15, -0.1) is 0 Å². The van der Waals surface area contributed by atoms with Gasteiger partial charge in [-0.2, -0.15) is 0 Å². The van der Waals surface area contributed by atoms with Crippen LogP contribution >= 0.6 is 0 Å². The molecule has 0 fully saturated rings. The van der Waals surface area contributed by atoms with E-state index in [1.54, 1.807) is 0 Å². The lowest BCUT2D eigenvalue weighted by molar-refractivity contribution is -0.765. The van der Waals surface area contributed by atoms with Crippen molar-refractivity contribution in [2.45, 2.75) is 46.5 Å². The van der Waals surface area contributed by atoms with Gasteiger partial charge in [0.1, 0.15) is 11.4 Å². The van der Waals surface area contributed by atoms with Crippen molar-refractivity contribution in [2.75, 3.05) is 6.54 Å². The monoisotopic (exact) mass is 296 g/mol. The number of nitrogens with one attached hydrogen (secondary N) is 1. The summed E-state index contributed by atoms with van der Waals surface area (Å²) >= 11 is 0. The molecule has 0 amide bonds. The molecule has 22 heavy (non-hydrogen) atoms. The topological polar surface area (TPSA) is 4.44 Å². The summed E-state index contributed by atoms with van der Waals surface area (Å²) in [5.41, 5.74) is 4.09. The lowest BCUT2D eigenvalue weighted by Gasteiger charge is -2.24. The molecule has 0 aliphatic carbocycles. The zero-order chi connectivity index (χ0) is 15.8. The highest BCUT2D eigenvalue weighted by atomic mass is 15.1. The van der Waals surface area contributed by atoms with E-state index in [-0.39, 0.29) is 0 Å². The Kier molecular flexibility index (Phi) is 6.67. The van der Waals surface area contributed by atoms with Crippen molar-refractivity contribution in [1.29, 1.82) is 0 Å². The van der Waals surface area contributed by atoms with Crippen molar-refractivity contribution < 1.29 is 4.90 Å². The molecule has 0 spiro atoms. The molecule has 0 saturated heterocycles. The van der Waals surface area contributed by atoms with Gasteiger partial charge in [-0.1, -0.05) is 62.6 Å². The molecular formula is C21H30N+. The zero-order valence-electron chi connectivity index (χ0n) is 14.3. The van der Waals surface area contributed by atoms with E-state index in [1.807, 2.05) is 0 Å². The number of aryl methyl sites for hydroxylation is 1. The fraction of sp³-hybridized carbons (Fsp3) is 0.429. The van der Waals surface area contributed by atoms with Crippen LogP contribution in [0.4, 0.5) is 11.4 Å². The summed E-state index contributed by atoms with van der Waals surface area (Å²) in [5, 5.41) is 0. The summed E-state index contributed by atoms with van der Waals surface area (Å²) < 4.78 is 0. The lowest BCUT2D eigenvalue weighted by Crippen LogP contribution is -3.03. The standard InChI is InChI=1S/C21H29N/c1-4-6-10-19(5-2)17-22(20-11-8-7-9-12-20)21-15-13-18(3)14-16-21/h7-9,11-16,19H,4-6,10,17H2,1-3H3/p+1. The molecule has 0 aliphatic rings. The van der Waals surface area contributed by atoms with E-state index in [0.717, 1.165) is 5.92 Å². The number of benzene rings is 2. The maximum Gasteiger partial charge on any atom is 0.136 e. The third-order valence-electron chi connectivity index (χ3n) is 4.56. The molecule has 2 aromatic rings. The molecule has 2 aromatic carbocycles. The number of unbranched alkanes of at least 4 members (excludes halogenated alkanes) is 1. The van der Waals surface area contributed by atoms with Crippen LogP contribution < -0.4 is 4.90 Å². The first-order valence-electron chi connectivity index (χ1n) is 8.72. The highest BCUT2D eigenvalue weighted by molar-refractivity contribution is 5.38. The summed E-state index contributed by atoms with van der Waals surface area (Å²) in [4.78, 5) is 1.50. The van der Waals surface area contributed by atoms with Gasteiger partial charge in [0.25, 0.3) is 0 Å². The summed E-state index contributed by atoms with van der Waals surface area (Å²) in [6.45, 7) is 7.96. The summed E-state index contributed by atoms with van der Waals surface area (Å²) in [7, 11) is 0. The zero-order valence-corrected chi connectivity index (χ0v) is 14.3. The third kappa shape index (κ3) is 4.71. The Morgan fingerprint density at radius 2 is 1.50 bits per heavy atom. The van der Waals surface area contributed by atoms with Crippen LogP contribution in [0.15, 0.2) is 54.6 Å². The van der Waals surface area contributed by atoms with Gasteiger partial charge in [0.05, 0.1) is 6.54 Å². The highest BCUT2D eigenvalue weighted by Crippen LogP contribution is 2.15. The molecule has 1 N–H and O–H groups in total. The second-order valence-corrected chi connectivity index (χ2v) is 6.33. The van der Waals surface area contributed by atoms with E-state index in [4.69, 9.17) is 0 Å². The van der Waals surface area contributed by atoms with Gasteiger partial charge in [0, 0.05) is 5.92 Å². The van der Waals surface area contributed by atoms with Crippen molar-refractivity contribution in [3.05, 3.63) is 60.2 Å². The van der Waals surface area contributed by atoms with Crippen molar-refractivity contribution >= 4 is 11.4 Å². The molecule has 0 bridgehead atoms. The van der Waals surface area contributed by atoms with E-state index in [2.05, 4.69) is 75.4 Å². The predicted molar refractivity (Wildman–Crippen MR) is 96.1 cm³/mol. The Morgan fingerprint density at radius 3 is 2.09 bits per heavy atom. The summed E-state index contributed by atoms with van der Waals surface area (Å²) in [6, 6.07) is 19.9. The largest absolute Gasteiger partial charge is 0.270 e. The molecule has 0 aliphatic heterocycles. The number of rotatable bonds is 8. The first-order chi connectivity index (χ1) is 10.7. The Bertz CT molecular complexity index is 530. The van der Waals surface area contributed by atoms with Crippen LogP contribution in [-0.2, 0) is 0 Å². The summed E-state index contributed by atoms with van der Waals surface area (Å²) in [5.74, 6) is 0.788.